The van der Waals surface area contributed by atoms with E-state index in [9.17, 15) is 13.2 Å². The van der Waals surface area contributed by atoms with Crippen LogP contribution in [0, 0.1) is 0 Å². The number of hydrogen-bond acceptors (Lipinski definition) is 5. The van der Waals surface area contributed by atoms with Crippen molar-refractivity contribution in [3.05, 3.63) is 11.9 Å². The predicted octanol–water partition coefficient (Wildman–Crippen LogP) is 2.07. The second-order valence-corrected chi connectivity index (χ2v) is 5.43. The third-order valence-corrected chi connectivity index (χ3v) is 3.47. The highest BCUT2D eigenvalue weighted by Crippen LogP contribution is 2.31. The van der Waals surface area contributed by atoms with Crippen LogP contribution in [0.3, 0.4) is 0 Å². The number of likely N-dealkylation sites (N-methyl/N-ethyl adjacent to an activating group) is 1. The molecule has 1 aromatic rings. The van der Waals surface area contributed by atoms with Gasteiger partial charge in [-0.15, -0.1) is 0 Å². The second-order valence-electron chi connectivity index (χ2n) is 5.43. The average Bonchev–Trinajstić information content (AvgIpc) is 2.84. The van der Waals surface area contributed by atoms with Gasteiger partial charge in [-0.2, -0.15) is 13.2 Å². The van der Waals surface area contributed by atoms with Gasteiger partial charge in [0.2, 0.25) is 5.82 Å². The van der Waals surface area contributed by atoms with Crippen LogP contribution >= 0.6 is 0 Å². The average molecular weight is 303 g/mol. The van der Waals surface area contributed by atoms with E-state index >= 15 is 0 Å². The molecular formula is C13H20F3N5. The molecule has 2 heterocycles. The van der Waals surface area contributed by atoms with Crippen LogP contribution in [0.5, 0.6) is 0 Å². The molecule has 0 aromatic carbocycles. The van der Waals surface area contributed by atoms with Crippen LogP contribution in [0.4, 0.5) is 24.8 Å². The van der Waals surface area contributed by atoms with Crippen LogP contribution in [0.1, 0.15) is 18.7 Å². The van der Waals surface area contributed by atoms with E-state index in [0.29, 0.717) is 5.82 Å². The lowest BCUT2D eigenvalue weighted by molar-refractivity contribution is -0.144. The molecule has 0 amide bonds. The summed E-state index contributed by atoms with van der Waals surface area (Å²) in [5.41, 5.74) is 0. The van der Waals surface area contributed by atoms with Crippen LogP contribution in [-0.4, -0.2) is 55.1 Å². The molecule has 1 unspecified atom stereocenters. The van der Waals surface area contributed by atoms with E-state index < -0.39 is 12.0 Å². The third-order valence-electron chi connectivity index (χ3n) is 3.47. The van der Waals surface area contributed by atoms with E-state index in [4.69, 9.17) is 0 Å². The van der Waals surface area contributed by atoms with Crippen LogP contribution in [0.25, 0.3) is 0 Å². The van der Waals surface area contributed by atoms with E-state index in [-0.39, 0.29) is 11.9 Å². The lowest BCUT2D eigenvalue weighted by Crippen LogP contribution is -2.38. The highest BCUT2D eigenvalue weighted by molar-refractivity contribution is 5.51. The van der Waals surface area contributed by atoms with Gasteiger partial charge in [-0.1, -0.05) is 0 Å². The van der Waals surface area contributed by atoms with Gasteiger partial charge < -0.3 is 15.1 Å². The molecule has 0 spiro atoms. The van der Waals surface area contributed by atoms with E-state index in [1.54, 1.807) is 13.1 Å². The maximum absolute atomic E-state index is 12.9. The summed E-state index contributed by atoms with van der Waals surface area (Å²) in [5.74, 6) is -0.575. The summed E-state index contributed by atoms with van der Waals surface area (Å²) in [7, 11) is 5.46. The maximum atomic E-state index is 12.9. The third kappa shape index (κ3) is 3.75. The van der Waals surface area contributed by atoms with Crippen LogP contribution in [-0.2, 0) is 6.18 Å². The minimum atomic E-state index is -4.54. The Morgan fingerprint density at radius 3 is 2.67 bits per heavy atom. The van der Waals surface area contributed by atoms with Crippen molar-refractivity contribution in [3.8, 4) is 0 Å². The first-order chi connectivity index (χ1) is 9.81. The van der Waals surface area contributed by atoms with Gasteiger partial charge in [-0.25, -0.2) is 9.97 Å². The first-order valence-corrected chi connectivity index (χ1v) is 6.86. The molecule has 118 valence electrons. The largest absolute Gasteiger partial charge is 0.451 e. The van der Waals surface area contributed by atoms with Crippen molar-refractivity contribution in [1.29, 1.82) is 0 Å². The fourth-order valence-corrected chi connectivity index (χ4v) is 2.59. The molecule has 1 aliphatic rings. The second kappa shape index (κ2) is 6.05. The number of nitrogens with one attached hydrogen (secondary N) is 1. The Balaban J connectivity index is 2.33. The Labute approximate surface area is 122 Å². The number of anilines is 2. The highest BCUT2D eigenvalue weighted by atomic mass is 19.4. The summed E-state index contributed by atoms with van der Waals surface area (Å²) in [6.07, 6.45) is -2.63. The number of nitrogens with zero attached hydrogens (tertiary/aromatic N) is 4. The summed E-state index contributed by atoms with van der Waals surface area (Å²) in [4.78, 5) is 11.2. The van der Waals surface area contributed by atoms with E-state index in [1.807, 2.05) is 23.9 Å². The zero-order valence-corrected chi connectivity index (χ0v) is 12.4. The van der Waals surface area contributed by atoms with Gasteiger partial charge >= 0.3 is 6.18 Å². The summed E-state index contributed by atoms with van der Waals surface area (Å²) in [6.45, 7) is 1.51. The lowest BCUT2D eigenvalue weighted by atomic mass is 10.2. The molecule has 0 saturated carbocycles. The van der Waals surface area contributed by atoms with Crippen LogP contribution < -0.4 is 10.2 Å². The summed E-state index contributed by atoms with van der Waals surface area (Å²) in [6, 6.07) is 1.75. The van der Waals surface area contributed by atoms with Crippen molar-refractivity contribution in [3.63, 3.8) is 0 Å². The monoisotopic (exact) mass is 303 g/mol. The summed E-state index contributed by atoms with van der Waals surface area (Å²) < 4.78 is 38.7. The van der Waals surface area contributed by atoms with E-state index in [1.165, 1.54) is 0 Å². The molecule has 1 atom stereocenters. The molecule has 0 radical (unpaired) electrons. The predicted molar refractivity (Wildman–Crippen MR) is 75.5 cm³/mol. The van der Waals surface area contributed by atoms with Crippen LogP contribution in [0.2, 0.25) is 0 Å². The topological polar surface area (TPSA) is 44.3 Å². The molecule has 0 bridgehead atoms. The Bertz CT molecular complexity index is 489. The fourth-order valence-electron chi connectivity index (χ4n) is 2.59. The Morgan fingerprint density at radius 1 is 1.38 bits per heavy atom. The molecule has 1 saturated heterocycles. The molecular weight excluding hydrogens is 283 g/mol. The molecule has 8 heteroatoms. The summed E-state index contributed by atoms with van der Waals surface area (Å²) >= 11 is 0. The van der Waals surface area contributed by atoms with Gasteiger partial charge in [-0.3, -0.25) is 0 Å². The Hall–Kier alpha value is -1.57. The normalized spacial score (nSPS) is 19.4. The van der Waals surface area contributed by atoms with Crippen molar-refractivity contribution in [2.45, 2.75) is 25.1 Å². The minimum Gasteiger partial charge on any atom is -0.373 e. The number of alkyl halides is 3. The van der Waals surface area contributed by atoms with E-state index in [0.717, 1.165) is 25.9 Å². The molecule has 1 aromatic heterocycles. The first kappa shape index (κ1) is 15.8. The van der Waals surface area contributed by atoms with Crippen molar-refractivity contribution in [2.75, 3.05) is 44.4 Å². The standard InChI is InChI=1S/C13H20F3N5/c1-17-10-7-11(19-12(18-10)13(14,15)16)21-6-4-5-9(21)8-20(2)3/h7,9H,4-6,8H2,1-3H3,(H,17,18,19). The zero-order valence-electron chi connectivity index (χ0n) is 12.4. The number of halogens is 3. The molecule has 1 fully saturated rings. The van der Waals surface area contributed by atoms with Crippen molar-refractivity contribution >= 4 is 11.6 Å². The van der Waals surface area contributed by atoms with Crippen LogP contribution in [0.15, 0.2) is 6.07 Å². The smallest absolute Gasteiger partial charge is 0.373 e. The molecule has 1 N–H and O–H groups in total. The Kier molecular flexibility index (Phi) is 4.55. The minimum absolute atomic E-state index is 0.181. The van der Waals surface area contributed by atoms with E-state index in [2.05, 4.69) is 15.3 Å². The number of rotatable bonds is 4. The van der Waals surface area contributed by atoms with Crippen molar-refractivity contribution in [2.24, 2.45) is 0 Å². The Morgan fingerprint density at radius 2 is 2.10 bits per heavy atom. The highest BCUT2D eigenvalue weighted by Gasteiger charge is 2.36. The molecule has 0 aliphatic carbocycles. The molecule has 1 aliphatic heterocycles. The lowest BCUT2D eigenvalue weighted by Gasteiger charge is -2.28. The molecule has 21 heavy (non-hydrogen) atoms. The van der Waals surface area contributed by atoms with Gasteiger partial charge in [0.15, 0.2) is 0 Å². The summed E-state index contributed by atoms with van der Waals surface area (Å²) in [5, 5.41) is 2.67. The van der Waals surface area contributed by atoms with Gasteiger partial charge in [0, 0.05) is 32.2 Å². The zero-order chi connectivity index (χ0) is 15.6. The van der Waals surface area contributed by atoms with Crippen molar-refractivity contribution in [1.82, 2.24) is 14.9 Å². The van der Waals surface area contributed by atoms with Crippen molar-refractivity contribution < 1.29 is 13.2 Å². The van der Waals surface area contributed by atoms with Gasteiger partial charge in [0.05, 0.1) is 0 Å². The number of hydrogen-bond donors (Lipinski definition) is 1. The maximum Gasteiger partial charge on any atom is 0.451 e. The van der Waals surface area contributed by atoms with Gasteiger partial charge in [0.25, 0.3) is 0 Å². The molecule has 5 nitrogen and oxygen atoms in total. The molecule has 2 rings (SSSR count). The fraction of sp³-hybridized carbons (Fsp3) is 0.692. The van der Waals surface area contributed by atoms with Gasteiger partial charge in [-0.05, 0) is 26.9 Å². The quantitative estimate of drug-likeness (QED) is 0.922. The SMILES string of the molecule is CNc1cc(N2CCCC2CN(C)C)nc(C(F)(F)F)n1. The number of aromatic nitrogens is 2. The van der Waals surface area contributed by atoms with Gasteiger partial charge in [0.1, 0.15) is 11.6 Å². The first-order valence-electron chi connectivity index (χ1n) is 6.86.